The van der Waals surface area contributed by atoms with Gasteiger partial charge in [-0.25, -0.2) is 4.79 Å². The van der Waals surface area contributed by atoms with Crippen LogP contribution in [0.25, 0.3) is 10.8 Å². The van der Waals surface area contributed by atoms with Crippen LogP contribution in [0.15, 0.2) is 52.7 Å². The van der Waals surface area contributed by atoms with Gasteiger partial charge in [0.2, 0.25) is 5.91 Å². The lowest BCUT2D eigenvalue weighted by molar-refractivity contribution is -0.131. The van der Waals surface area contributed by atoms with Gasteiger partial charge in [0, 0.05) is 57.6 Å². The third-order valence-corrected chi connectivity index (χ3v) is 6.41. The highest BCUT2D eigenvalue weighted by atomic mass is 16.6. The van der Waals surface area contributed by atoms with Crippen molar-refractivity contribution >= 4 is 22.8 Å². The molecule has 2 aromatic carbocycles. The molecule has 0 bridgehead atoms. The van der Waals surface area contributed by atoms with Gasteiger partial charge in [-0.15, -0.1) is 0 Å². The molecule has 0 unspecified atom stereocenters. The van der Waals surface area contributed by atoms with Crippen molar-refractivity contribution in [3.05, 3.63) is 42.5 Å². The Morgan fingerprint density at radius 2 is 1.76 bits per heavy atom. The fraction of sp³-hybridized carbons (Fsp3) is 0.586. The Morgan fingerprint density at radius 1 is 1.00 bits per heavy atom. The fourth-order valence-electron chi connectivity index (χ4n) is 3.98. The summed E-state index contributed by atoms with van der Waals surface area (Å²) >= 11 is 0. The summed E-state index contributed by atoms with van der Waals surface area (Å²) in [6, 6.07) is 13.7. The summed E-state index contributed by atoms with van der Waals surface area (Å²) in [6.07, 6.45) is -0.444. The minimum absolute atomic E-state index is 0.0684. The van der Waals surface area contributed by atoms with Gasteiger partial charge in [0.05, 0.1) is 19.8 Å². The zero-order chi connectivity index (χ0) is 29.3. The van der Waals surface area contributed by atoms with Crippen molar-refractivity contribution in [1.82, 2.24) is 15.5 Å². The van der Waals surface area contributed by atoms with Crippen molar-refractivity contribution in [1.29, 1.82) is 0 Å². The molecule has 0 aromatic heterocycles. The number of hydrogen-bond donors (Lipinski definition) is 3. The number of fused-ring (bicyclic) bond motifs is 1. The second kappa shape index (κ2) is 17.5. The number of nitrogens with zero attached hydrogens (tertiary/aromatic N) is 3. The topological polar surface area (TPSA) is 143 Å². The number of carbonyl (C=O) groups is 2. The number of carbonyl (C=O) groups excluding carboxylic acids is 2. The molecule has 0 aliphatic carbocycles. The number of rotatable bonds is 21. The zero-order valence-corrected chi connectivity index (χ0v) is 24.0. The van der Waals surface area contributed by atoms with E-state index in [0.29, 0.717) is 45.9 Å². The number of nitrogens with one attached hydrogen (secondary N) is 2. The van der Waals surface area contributed by atoms with Gasteiger partial charge in [-0.2, -0.15) is 10.2 Å². The monoisotopic (exact) mass is 573 g/mol. The van der Waals surface area contributed by atoms with Crippen LogP contribution in [0.4, 0.5) is 4.79 Å². The number of amides is 2. The highest BCUT2D eigenvalue weighted by Crippen LogP contribution is 2.30. The summed E-state index contributed by atoms with van der Waals surface area (Å²) in [4.78, 5) is 26.6. The summed E-state index contributed by atoms with van der Waals surface area (Å²) in [7, 11) is 0. The second-order valence-electron chi connectivity index (χ2n) is 9.82. The van der Waals surface area contributed by atoms with Crippen molar-refractivity contribution in [2.24, 2.45) is 10.2 Å². The number of aliphatic hydroxyl groups is 1. The highest BCUT2D eigenvalue weighted by molar-refractivity contribution is 5.88. The van der Waals surface area contributed by atoms with Crippen LogP contribution in [0.3, 0.4) is 0 Å². The van der Waals surface area contributed by atoms with Crippen molar-refractivity contribution in [3.63, 3.8) is 0 Å². The first kappa shape index (κ1) is 32.2. The minimum atomic E-state index is -0.733. The summed E-state index contributed by atoms with van der Waals surface area (Å²) in [6.45, 7) is 7.67. The summed E-state index contributed by atoms with van der Waals surface area (Å²) in [5.74, 6) is 0.653. The van der Waals surface area contributed by atoms with E-state index in [1.165, 1.54) is 0 Å². The molecule has 1 aliphatic heterocycles. The van der Waals surface area contributed by atoms with Crippen LogP contribution in [0, 0.1) is 0 Å². The average molecular weight is 574 g/mol. The van der Waals surface area contributed by atoms with Crippen LogP contribution >= 0.6 is 0 Å². The lowest BCUT2D eigenvalue weighted by atomic mass is 10.1. The van der Waals surface area contributed by atoms with Gasteiger partial charge >= 0.3 is 6.09 Å². The standard InChI is InChI=1S/C29H43N5O7/c1-3-38-17-18-39-19-20-40-28(37)31-14-16-34(15-12-29(2)32-33-29)27(36)11-13-30-21-24(35)22-41-26-10-6-8-23-7-4-5-9-25(23)26/h4-10,24,30,35H,3,11-22H2,1-2H3,(H,31,37)/t24-/m0/s1. The summed E-state index contributed by atoms with van der Waals surface area (Å²) < 4.78 is 21.4. The molecule has 1 aliphatic rings. The Morgan fingerprint density at radius 3 is 2.56 bits per heavy atom. The lowest BCUT2D eigenvalue weighted by Gasteiger charge is -2.24. The number of hydrogen-bond acceptors (Lipinski definition) is 10. The molecule has 12 heteroatoms. The summed E-state index contributed by atoms with van der Waals surface area (Å²) in [5.41, 5.74) is -0.431. The first-order valence-corrected chi connectivity index (χ1v) is 14.2. The lowest BCUT2D eigenvalue weighted by Crippen LogP contribution is -2.41. The maximum absolute atomic E-state index is 12.9. The molecule has 2 amide bonds. The molecule has 0 radical (unpaired) electrons. The first-order chi connectivity index (χ1) is 19.9. The van der Waals surface area contributed by atoms with Crippen LogP contribution in [0.1, 0.15) is 26.7 Å². The van der Waals surface area contributed by atoms with Crippen LogP contribution in [-0.2, 0) is 19.0 Å². The van der Waals surface area contributed by atoms with Gasteiger partial charge in [-0.1, -0.05) is 36.4 Å². The Hall–Kier alpha value is -3.32. The van der Waals surface area contributed by atoms with E-state index in [2.05, 4.69) is 20.9 Å². The Balaban J connectivity index is 1.31. The van der Waals surface area contributed by atoms with Crippen LogP contribution in [0.5, 0.6) is 5.75 Å². The van der Waals surface area contributed by atoms with E-state index in [9.17, 15) is 14.7 Å². The fourth-order valence-corrected chi connectivity index (χ4v) is 3.98. The van der Waals surface area contributed by atoms with E-state index in [0.717, 1.165) is 16.5 Å². The second-order valence-corrected chi connectivity index (χ2v) is 9.82. The van der Waals surface area contributed by atoms with Gasteiger partial charge in [0.1, 0.15) is 25.1 Å². The molecule has 0 fully saturated rings. The van der Waals surface area contributed by atoms with Crippen molar-refractivity contribution in [2.75, 3.05) is 72.4 Å². The molecule has 1 atom stereocenters. The number of ether oxygens (including phenoxy) is 4. The van der Waals surface area contributed by atoms with Crippen molar-refractivity contribution in [3.8, 4) is 5.75 Å². The normalized spacial score (nSPS) is 14.0. The zero-order valence-electron chi connectivity index (χ0n) is 24.0. The Kier molecular flexibility index (Phi) is 13.7. The van der Waals surface area contributed by atoms with Gasteiger partial charge in [0.25, 0.3) is 0 Å². The van der Waals surface area contributed by atoms with Gasteiger partial charge in [0.15, 0.2) is 5.66 Å². The van der Waals surface area contributed by atoms with Gasteiger partial charge in [-0.3, -0.25) is 4.79 Å². The smallest absolute Gasteiger partial charge is 0.407 e. The molecule has 2 aromatic rings. The van der Waals surface area contributed by atoms with Crippen LogP contribution < -0.4 is 15.4 Å². The maximum Gasteiger partial charge on any atom is 0.407 e. The van der Waals surface area contributed by atoms with E-state index in [-0.39, 0.29) is 45.2 Å². The SMILES string of the molecule is CCOCCOCCOC(=O)NCCN(CCC1(C)N=N1)C(=O)CCNC[C@H](O)COc1cccc2ccccc12. The molecule has 1 heterocycles. The molecule has 3 rings (SSSR count). The molecule has 41 heavy (non-hydrogen) atoms. The largest absolute Gasteiger partial charge is 0.490 e. The van der Waals surface area contributed by atoms with E-state index in [4.69, 9.17) is 18.9 Å². The highest BCUT2D eigenvalue weighted by Gasteiger charge is 2.34. The maximum atomic E-state index is 12.9. The van der Waals surface area contributed by atoms with Crippen molar-refractivity contribution in [2.45, 2.75) is 38.5 Å². The molecule has 12 nitrogen and oxygen atoms in total. The molecule has 226 valence electrons. The van der Waals surface area contributed by atoms with E-state index >= 15 is 0 Å². The third kappa shape index (κ3) is 12.4. The average Bonchev–Trinajstić information content (AvgIpc) is 3.72. The van der Waals surface area contributed by atoms with Gasteiger partial charge in [-0.05, 0) is 25.3 Å². The van der Waals surface area contributed by atoms with Crippen LogP contribution in [0.2, 0.25) is 0 Å². The van der Waals surface area contributed by atoms with Crippen LogP contribution in [-0.4, -0.2) is 106 Å². The number of alkyl carbamates (subject to hydrolysis) is 1. The van der Waals surface area contributed by atoms with E-state index in [1.807, 2.05) is 56.3 Å². The predicted molar refractivity (Wildman–Crippen MR) is 154 cm³/mol. The van der Waals surface area contributed by atoms with E-state index < -0.39 is 17.9 Å². The Labute approximate surface area is 241 Å². The van der Waals surface area contributed by atoms with Gasteiger partial charge < -0.3 is 39.6 Å². The third-order valence-electron chi connectivity index (χ3n) is 6.41. The molecular weight excluding hydrogens is 530 g/mol. The first-order valence-electron chi connectivity index (χ1n) is 14.2. The molecule has 0 saturated heterocycles. The van der Waals surface area contributed by atoms with Crippen molar-refractivity contribution < 1.29 is 33.6 Å². The Bertz CT molecular complexity index is 1100. The molecule has 0 spiro atoms. The minimum Gasteiger partial charge on any atom is -0.490 e. The predicted octanol–water partition coefficient (Wildman–Crippen LogP) is 2.74. The summed E-state index contributed by atoms with van der Waals surface area (Å²) in [5, 5.41) is 26.3. The molecule has 0 saturated carbocycles. The quantitative estimate of drug-likeness (QED) is 0.194. The molecular formula is C29H43N5O7. The number of aliphatic hydroxyl groups excluding tert-OH is 1. The van der Waals surface area contributed by atoms with E-state index in [1.54, 1.807) is 4.90 Å². The molecule has 3 N–H and O–H groups in total. The number of benzene rings is 2.